The maximum Gasteiger partial charge on any atom is 0.308 e. The molecule has 0 radical (unpaired) electrons. The van der Waals surface area contributed by atoms with Crippen molar-refractivity contribution in [1.29, 1.82) is 0 Å². The third-order valence-corrected chi connectivity index (χ3v) is 15.2. The van der Waals surface area contributed by atoms with Crippen molar-refractivity contribution < 1.29 is 57.0 Å². The molecular formula is C72H88O12. The highest BCUT2D eigenvalue weighted by atomic mass is 16.7. The summed E-state index contributed by atoms with van der Waals surface area (Å²) in [5.41, 5.74) is 6.13. The summed E-state index contributed by atoms with van der Waals surface area (Å²) in [4.78, 5) is 26.7. The Hall–Kier alpha value is -6.32. The van der Waals surface area contributed by atoms with E-state index in [-0.39, 0.29) is 25.2 Å². The van der Waals surface area contributed by atoms with E-state index in [0.717, 1.165) is 110 Å². The lowest BCUT2D eigenvalue weighted by atomic mass is 10.0. The van der Waals surface area contributed by atoms with Crippen LogP contribution < -0.4 is 0 Å². The van der Waals surface area contributed by atoms with Gasteiger partial charge in [0.25, 0.3) is 0 Å². The van der Waals surface area contributed by atoms with Gasteiger partial charge in [-0.25, -0.2) is 0 Å². The van der Waals surface area contributed by atoms with Crippen LogP contribution in [0.3, 0.4) is 0 Å². The van der Waals surface area contributed by atoms with E-state index in [2.05, 4.69) is 12.2 Å². The van der Waals surface area contributed by atoms with Gasteiger partial charge in [0.05, 0.1) is 52.9 Å². The molecule has 84 heavy (non-hydrogen) atoms. The lowest BCUT2D eigenvalue weighted by Gasteiger charge is -2.41. The van der Waals surface area contributed by atoms with E-state index < -0.39 is 49.2 Å². The first-order valence-electron chi connectivity index (χ1n) is 30.7. The van der Waals surface area contributed by atoms with Crippen LogP contribution in [-0.2, 0) is 96.6 Å². The first-order valence-corrected chi connectivity index (χ1v) is 30.7. The molecule has 2 saturated heterocycles. The van der Waals surface area contributed by atoms with Gasteiger partial charge in [-0.1, -0.05) is 246 Å². The van der Waals surface area contributed by atoms with Gasteiger partial charge >= 0.3 is 11.9 Å². The molecule has 0 N–H and O–H groups in total. The summed E-state index contributed by atoms with van der Waals surface area (Å²) in [6.45, 7) is 2.47. The van der Waals surface area contributed by atoms with Gasteiger partial charge in [-0.3, -0.25) is 9.59 Å². The number of esters is 2. The number of hydrogen-bond donors (Lipinski definition) is 0. The van der Waals surface area contributed by atoms with Crippen LogP contribution in [0.5, 0.6) is 0 Å². The molecule has 0 bridgehead atoms. The van der Waals surface area contributed by atoms with Gasteiger partial charge in [0.15, 0.2) is 0 Å². The van der Waals surface area contributed by atoms with Crippen molar-refractivity contribution in [3.05, 3.63) is 228 Å². The third kappa shape index (κ3) is 23.3. The Balaban J connectivity index is 0.676. The van der Waals surface area contributed by atoms with Crippen molar-refractivity contribution >= 4 is 11.9 Å². The fraction of sp³-hybridized carbons (Fsp3) is 0.444. The zero-order valence-corrected chi connectivity index (χ0v) is 49.0. The van der Waals surface area contributed by atoms with Crippen molar-refractivity contribution in [3.8, 4) is 0 Å². The fourth-order valence-electron chi connectivity index (χ4n) is 10.4. The summed E-state index contributed by atoms with van der Waals surface area (Å²) in [6, 6.07) is 60.0. The van der Waals surface area contributed by atoms with Crippen LogP contribution in [0, 0.1) is 0 Å². The molecule has 2 heterocycles. The van der Waals surface area contributed by atoms with Gasteiger partial charge in [-0.2, -0.15) is 0 Å². The third-order valence-electron chi connectivity index (χ3n) is 15.2. The van der Waals surface area contributed by atoms with E-state index in [1.807, 2.05) is 182 Å². The van der Waals surface area contributed by atoms with Gasteiger partial charge < -0.3 is 47.4 Å². The monoisotopic (exact) mass is 1140 g/mol. The van der Waals surface area contributed by atoms with E-state index >= 15 is 0 Å². The molecule has 0 amide bonds. The molecule has 8 rings (SSSR count). The number of allylic oxidation sites excluding steroid dienone is 2. The average Bonchev–Trinajstić information content (AvgIpc) is 3.66. The molecule has 448 valence electrons. The summed E-state index contributed by atoms with van der Waals surface area (Å²) in [7, 11) is 0. The number of benzene rings is 6. The lowest BCUT2D eigenvalue weighted by Crippen LogP contribution is -2.57. The molecule has 8 atom stereocenters. The summed E-state index contributed by atoms with van der Waals surface area (Å²) >= 11 is 0. The van der Waals surface area contributed by atoms with Crippen LogP contribution in [0.1, 0.15) is 136 Å². The molecular weight excluding hydrogens is 1060 g/mol. The number of carbonyl (C=O) groups is 2. The lowest BCUT2D eigenvalue weighted by molar-refractivity contribution is -0.292. The Morgan fingerprint density at radius 3 is 0.869 bits per heavy atom. The zero-order valence-electron chi connectivity index (χ0n) is 49.0. The van der Waals surface area contributed by atoms with Crippen molar-refractivity contribution in [2.75, 3.05) is 13.2 Å². The van der Waals surface area contributed by atoms with Crippen LogP contribution >= 0.6 is 0 Å². The number of hydrogen-bond acceptors (Lipinski definition) is 12. The minimum Gasteiger partial charge on any atom is -0.433 e. The highest BCUT2D eigenvalue weighted by Gasteiger charge is 2.46. The molecule has 2 fully saturated rings. The predicted molar refractivity (Wildman–Crippen MR) is 325 cm³/mol. The second-order valence-electron chi connectivity index (χ2n) is 21.9. The van der Waals surface area contributed by atoms with Gasteiger partial charge in [-0.15, -0.1) is 0 Å². The normalized spacial score (nSPS) is 20.6. The molecule has 6 aromatic rings. The minimum absolute atomic E-state index is 0.198. The van der Waals surface area contributed by atoms with E-state index in [1.54, 1.807) is 0 Å². The minimum atomic E-state index is -0.935. The Morgan fingerprint density at radius 2 is 0.571 bits per heavy atom. The molecule has 2 aliphatic heterocycles. The molecule has 0 saturated carbocycles. The largest absolute Gasteiger partial charge is 0.433 e. The molecule has 12 nitrogen and oxygen atoms in total. The van der Waals surface area contributed by atoms with Crippen LogP contribution in [-0.4, -0.2) is 74.4 Å². The number of rotatable bonds is 38. The maximum absolute atomic E-state index is 13.3. The standard InChI is InChI=1S/C72H88O12/c73-65(83-71-69(79-53-61-43-29-19-30-44-61)67(77-51-59-39-25-17-26-40-59)63(55-81-71)75-49-57-35-21-15-22-36-57)47-33-13-11-9-7-5-3-1-2-4-6-8-10-12-14-34-48-66(74)84-72-70(80-54-62-45-31-20-32-46-62)68(78-52-60-41-27-18-28-42-60)64(56-82-72)76-50-58-37-23-16-24-38-58/h1-2,15-32,35-46,63-64,67-72H,3-14,33-34,47-56H2/b2-1+/t63-,64-,67+,68+,69-,70-,71?,72?/m1/s1. The molecule has 0 spiro atoms. The van der Waals surface area contributed by atoms with Gasteiger partial charge in [0, 0.05) is 12.8 Å². The topological polar surface area (TPSA) is 126 Å². The van der Waals surface area contributed by atoms with Crippen molar-refractivity contribution in [2.45, 2.75) is 192 Å². The Morgan fingerprint density at radius 1 is 0.321 bits per heavy atom. The molecule has 2 aliphatic rings. The van der Waals surface area contributed by atoms with Crippen LogP contribution in [0.2, 0.25) is 0 Å². The summed E-state index contributed by atoms with van der Waals surface area (Å²) in [6.07, 6.45) is 14.7. The smallest absolute Gasteiger partial charge is 0.308 e. The summed E-state index contributed by atoms with van der Waals surface area (Å²) < 4.78 is 63.7. The highest BCUT2D eigenvalue weighted by Crippen LogP contribution is 2.30. The van der Waals surface area contributed by atoms with Crippen LogP contribution in [0.25, 0.3) is 0 Å². The highest BCUT2D eigenvalue weighted by molar-refractivity contribution is 5.69. The van der Waals surface area contributed by atoms with Crippen molar-refractivity contribution in [2.24, 2.45) is 0 Å². The van der Waals surface area contributed by atoms with Gasteiger partial charge in [0.2, 0.25) is 12.6 Å². The predicted octanol–water partition coefficient (Wildman–Crippen LogP) is 15.1. The molecule has 0 aliphatic carbocycles. The SMILES string of the molecule is O=C(CCCCCCCC/C=C/CCCCCCCCC(=O)OC1OC[C@@H](OCc2ccccc2)[C@H](OCc2ccccc2)[C@H]1OCc1ccccc1)OC1OC[C@@H](OCc2ccccc2)[C@H](OCc2ccccc2)[C@H]1OCc1ccccc1. The second-order valence-corrected chi connectivity index (χ2v) is 21.9. The quantitative estimate of drug-likeness (QED) is 0.0208. The Bertz CT molecular complexity index is 2510. The van der Waals surface area contributed by atoms with E-state index in [4.69, 9.17) is 47.4 Å². The van der Waals surface area contributed by atoms with Gasteiger partial charge in [-0.05, 0) is 71.9 Å². The zero-order chi connectivity index (χ0) is 57.9. The summed E-state index contributed by atoms with van der Waals surface area (Å²) in [5.74, 6) is -0.598. The number of carbonyl (C=O) groups excluding carboxylic acids is 2. The first-order chi connectivity index (χ1) is 41.5. The van der Waals surface area contributed by atoms with Gasteiger partial charge in [0.1, 0.15) is 36.6 Å². The fourth-order valence-corrected chi connectivity index (χ4v) is 10.4. The van der Waals surface area contributed by atoms with E-state index in [9.17, 15) is 9.59 Å². The van der Waals surface area contributed by atoms with Crippen molar-refractivity contribution in [1.82, 2.24) is 0 Å². The number of ether oxygens (including phenoxy) is 10. The van der Waals surface area contributed by atoms with E-state index in [0.29, 0.717) is 52.5 Å². The molecule has 2 unspecified atom stereocenters. The van der Waals surface area contributed by atoms with Crippen LogP contribution in [0.4, 0.5) is 0 Å². The molecule has 12 heteroatoms. The summed E-state index contributed by atoms with van der Waals surface area (Å²) in [5, 5.41) is 0. The van der Waals surface area contributed by atoms with Crippen molar-refractivity contribution in [3.63, 3.8) is 0 Å². The Labute approximate surface area is 499 Å². The molecule has 0 aromatic heterocycles. The number of unbranched alkanes of at least 4 members (excludes halogenated alkanes) is 12. The van der Waals surface area contributed by atoms with Crippen LogP contribution in [0.15, 0.2) is 194 Å². The Kier molecular flexibility index (Phi) is 28.7. The maximum atomic E-state index is 13.3. The second kappa shape index (κ2) is 37.9. The first kappa shape index (κ1) is 63.7. The van der Waals surface area contributed by atoms with E-state index in [1.165, 1.54) is 12.8 Å². The molecule has 6 aromatic carbocycles. The average molecular weight is 1150 g/mol.